The van der Waals surface area contributed by atoms with Crippen molar-refractivity contribution in [2.75, 3.05) is 33.3 Å². The van der Waals surface area contributed by atoms with Crippen LogP contribution >= 0.6 is 24.0 Å². The molecule has 7 nitrogen and oxygen atoms in total. The predicted octanol–water partition coefficient (Wildman–Crippen LogP) is 2.05. The van der Waals surface area contributed by atoms with Crippen LogP contribution in [0.15, 0.2) is 47.5 Å². The molecule has 2 N–H and O–H groups in total. The van der Waals surface area contributed by atoms with Crippen LogP contribution in [0.2, 0.25) is 0 Å². The Morgan fingerprint density at radius 2 is 1.70 bits per heavy atom. The minimum atomic E-state index is -0.125. The Bertz CT molecular complexity index is 784. The number of carbonyl (C=O) groups is 2. The first-order valence-electron chi connectivity index (χ1n) is 10.3. The monoisotopic (exact) mass is 524 g/mol. The minimum absolute atomic E-state index is 0. The lowest BCUT2D eigenvalue weighted by molar-refractivity contribution is -0.140. The maximum absolute atomic E-state index is 12.7. The third-order valence-electron chi connectivity index (χ3n) is 6.04. The topological polar surface area (TPSA) is 83.0 Å². The first-order chi connectivity index (χ1) is 14.2. The van der Waals surface area contributed by atoms with E-state index in [4.69, 9.17) is 4.74 Å². The van der Waals surface area contributed by atoms with E-state index in [1.54, 1.807) is 7.05 Å². The molecule has 0 spiro atoms. The second-order valence-corrected chi connectivity index (χ2v) is 7.77. The molecule has 1 aromatic carbocycles. The van der Waals surface area contributed by atoms with Gasteiger partial charge in [0.15, 0.2) is 5.96 Å². The van der Waals surface area contributed by atoms with Crippen molar-refractivity contribution < 1.29 is 14.3 Å². The molecule has 0 aromatic heterocycles. The Morgan fingerprint density at radius 3 is 2.33 bits per heavy atom. The molecule has 1 aliphatic heterocycles. The number of aliphatic imine (C=N–C) groups is 1. The van der Waals surface area contributed by atoms with Gasteiger partial charge in [0.2, 0.25) is 11.8 Å². The predicted molar refractivity (Wildman–Crippen MR) is 126 cm³/mol. The number of halogens is 1. The average molecular weight is 524 g/mol. The van der Waals surface area contributed by atoms with Gasteiger partial charge in [-0.2, -0.15) is 0 Å². The van der Waals surface area contributed by atoms with E-state index in [1.165, 1.54) is 4.90 Å². The van der Waals surface area contributed by atoms with Crippen LogP contribution in [0, 0.1) is 23.7 Å². The fourth-order valence-electron chi connectivity index (χ4n) is 4.68. The number of hydrogen-bond acceptors (Lipinski definition) is 4. The number of ether oxygens (including phenoxy) is 1. The van der Waals surface area contributed by atoms with Crippen LogP contribution in [0.3, 0.4) is 0 Å². The van der Waals surface area contributed by atoms with E-state index < -0.39 is 0 Å². The van der Waals surface area contributed by atoms with Gasteiger partial charge in [0, 0.05) is 26.7 Å². The fourth-order valence-corrected chi connectivity index (χ4v) is 4.68. The molecule has 4 unspecified atom stereocenters. The zero-order valence-corrected chi connectivity index (χ0v) is 19.5. The Labute approximate surface area is 194 Å². The quantitative estimate of drug-likeness (QED) is 0.136. The Kier molecular flexibility index (Phi) is 7.74. The summed E-state index contributed by atoms with van der Waals surface area (Å²) in [6.45, 7) is 2.19. The highest BCUT2D eigenvalue weighted by atomic mass is 127. The molecule has 2 amide bonds. The van der Waals surface area contributed by atoms with Crippen LogP contribution in [0.5, 0.6) is 5.75 Å². The molecule has 30 heavy (non-hydrogen) atoms. The molecule has 2 aliphatic carbocycles. The maximum atomic E-state index is 12.7. The summed E-state index contributed by atoms with van der Waals surface area (Å²) in [5, 5.41) is 6.41. The van der Waals surface area contributed by atoms with Crippen molar-refractivity contribution >= 4 is 41.8 Å². The number of nitrogens with one attached hydrogen (secondary N) is 2. The smallest absolute Gasteiger partial charge is 0.233 e. The molecule has 2 fully saturated rings. The molecule has 1 heterocycles. The van der Waals surface area contributed by atoms with Crippen LogP contribution in [-0.4, -0.2) is 56.0 Å². The highest BCUT2D eigenvalue weighted by Crippen LogP contribution is 2.52. The van der Waals surface area contributed by atoms with Crippen LogP contribution in [0.1, 0.15) is 12.8 Å². The number of hydrogen-bond donors (Lipinski definition) is 2. The highest BCUT2D eigenvalue weighted by Gasteiger charge is 2.58. The fraction of sp³-hybridized carbons (Fsp3) is 0.500. The van der Waals surface area contributed by atoms with Gasteiger partial charge in [-0.3, -0.25) is 19.5 Å². The highest BCUT2D eigenvalue weighted by molar-refractivity contribution is 14.0. The second kappa shape index (κ2) is 10.3. The lowest BCUT2D eigenvalue weighted by Gasteiger charge is -2.18. The van der Waals surface area contributed by atoms with Gasteiger partial charge >= 0.3 is 0 Å². The molecular weight excluding hydrogens is 495 g/mol. The molecule has 1 saturated heterocycles. The van der Waals surface area contributed by atoms with Crippen molar-refractivity contribution in [3.05, 3.63) is 42.5 Å². The van der Waals surface area contributed by atoms with Gasteiger partial charge in [-0.15, -0.1) is 24.0 Å². The van der Waals surface area contributed by atoms with Crippen molar-refractivity contribution in [1.29, 1.82) is 0 Å². The van der Waals surface area contributed by atoms with E-state index in [0.29, 0.717) is 32.2 Å². The Hall–Kier alpha value is -2.10. The maximum Gasteiger partial charge on any atom is 0.233 e. The molecule has 8 heteroatoms. The second-order valence-electron chi connectivity index (χ2n) is 7.77. The number of para-hydroxylation sites is 1. The summed E-state index contributed by atoms with van der Waals surface area (Å²) in [4.78, 5) is 31.0. The van der Waals surface area contributed by atoms with Crippen LogP contribution in [0.25, 0.3) is 0 Å². The number of benzene rings is 1. The van der Waals surface area contributed by atoms with Crippen LogP contribution < -0.4 is 15.4 Å². The first-order valence-corrected chi connectivity index (χ1v) is 10.3. The zero-order chi connectivity index (χ0) is 20.2. The summed E-state index contributed by atoms with van der Waals surface area (Å²) in [6, 6.07) is 9.73. The SMILES string of the molecule is CN=C(NCCCOc1ccccc1)NCCN1C(=O)C2C3C=CC(C3)C2C1=O.I. The van der Waals surface area contributed by atoms with Gasteiger partial charge in [-0.05, 0) is 36.8 Å². The lowest BCUT2D eigenvalue weighted by Crippen LogP contribution is -2.44. The van der Waals surface area contributed by atoms with E-state index >= 15 is 0 Å². The van der Waals surface area contributed by atoms with Gasteiger partial charge < -0.3 is 15.4 Å². The summed E-state index contributed by atoms with van der Waals surface area (Å²) in [6.07, 6.45) is 6.03. The molecule has 0 radical (unpaired) electrons. The molecule has 4 atom stereocenters. The Balaban J connectivity index is 0.00000256. The van der Waals surface area contributed by atoms with Gasteiger partial charge in [0.25, 0.3) is 0 Å². The summed E-state index contributed by atoms with van der Waals surface area (Å²) in [5.74, 6) is 1.78. The van der Waals surface area contributed by atoms with Gasteiger partial charge in [-0.25, -0.2) is 0 Å². The van der Waals surface area contributed by atoms with Crippen molar-refractivity contribution in [2.24, 2.45) is 28.7 Å². The molecule has 1 aromatic rings. The van der Waals surface area contributed by atoms with Gasteiger partial charge in [0.05, 0.1) is 18.4 Å². The standard InChI is InChI=1S/C22H28N4O3.HI/c1-23-22(24-10-5-13-29-17-6-3-2-4-7-17)25-11-12-26-20(27)18-15-8-9-16(14-15)19(18)21(26)28;/h2-4,6-9,15-16,18-19H,5,10-14H2,1H3,(H2,23,24,25);1H. The summed E-state index contributed by atoms with van der Waals surface area (Å²) >= 11 is 0. The van der Waals surface area contributed by atoms with Gasteiger partial charge in [-0.1, -0.05) is 30.4 Å². The zero-order valence-electron chi connectivity index (χ0n) is 17.1. The number of fused-ring (bicyclic) bond motifs is 5. The molecule has 1 saturated carbocycles. The van der Waals surface area contributed by atoms with Gasteiger partial charge in [0.1, 0.15) is 5.75 Å². The van der Waals surface area contributed by atoms with Crippen LogP contribution in [-0.2, 0) is 9.59 Å². The van der Waals surface area contributed by atoms with E-state index in [0.717, 1.165) is 18.6 Å². The van der Waals surface area contributed by atoms with Crippen molar-refractivity contribution in [3.8, 4) is 5.75 Å². The summed E-state index contributed by atoms with van der Waals surface area (Å²) in [5.41, 5.74) is 0. The number of rotatable bonds is 8. The normalized spacial score (nSPS) is 26.6. The summed E-state index contributed by atoms with van der Waals surface area (Å²) < 4.78 is 5.67. The molecular formula is C22H29IN4O3. The van der Waals surface area contributed by atoms with E-state index in [-0.39, 0.29) is 59.5 Å². The van der Waals surface area contributed by atoms with E-state index in [9.17, 15) is 9.59 Å². The number of carbonyl (C=O) groups excluding carboxylic acids is 2. The number of guanidine groups is 1. The molecule has 162 valence electrons. The van der Waals surface area contributed by atoms with Crippen molar-refractivity contribution in [2.45, 2.75) is 12.8 Å². The number of likely N-dealkylation sites (tertiary alicyclic amines) is 1. The lowest BCUT2D eigenvalue weighted by atomic mass is 9.85. The molecule has 4 rings (SSSR count). The number of imide groups is 1. The molecule has 2 bridgehead atoms. The van der Waals surface area contributed by atoms with Crippen LogP contribution in [0.4, 0.5) is 0 Å². The van der Waals surface area contributed by atoms with Crippen molar-refractivity contribution in [3.63, 3.8) is 0 Å². The van der Waals surface area contributed by atoms with E-state index in [1.807, 2.05) is 30.3 Å². The average Bonchev–Trinajstić information content (AvgIpc) is 3.42. The number of allylic oxidation sites excluding steroid dienone is 2. The summed E-state index contributed by atoms with van der Waals surface area (Å²) in [7, 11) is 1.70. The third-order valence-corrected chi connectivity index (χ3v) is 6.04. The molecule has 3 aliphatic rings. The number of nitrogens with zero attached hydrogens (tertiary/aromatic N) is 2. The largest absolute Gasteiger partial charge is 0.494 e. The van der Waals surface area contributed by atoms with Crippen molar-refractivity contribution in [1.82, 2.24) is 15.5 Å². The number of amides is 2. The third kappa shape index (κ3) is 4.63. The van der Waals surface area contributed by atoms with E-state index in [2.05, 4.69) is 27.8 Å². The first kappa shape index (κ1) is 22.6. The Morgan fingerprint density at radius 1 is 1.07 bits per heavy atom. The minimum Gasteiger partial charge on any atom is -0.494 e.